The van der Waals surface area contributed by atoms with E-state index < -0.39 is 0 Å². The van der Waals surface area contributed by atoms with Crippen LogP contribution in [0.3, 0.4) is 0 Å². The molecule has 0 N–H and O–H groups in total. The number of nitrogens with zero attached hydrogens (tertiary/aromatic N) is 1. The van der Waals surface area contributed by atoms with Gasteiger partial charge in [0.1, 0.15) is 5.75 Å². The average molecular weight is 301 g/mol. The molecule has 1 aliphatic carbocycles. The van der Waals surface area contributed by atoms with Gasteiger partial charge < -0.3 is 4.74 Å². The molecule has 3 aromatic carbocycles. The molecule has 0 aromatic heterocycles. The number of hydrogen-bond acceptors (Lipinski definition) is 2. The number of fused-ring (bicyclic) bond motifs is 2. The van der Waals surface area contributed by atoms with E-state index in [1.54, 1.807) is 7.11 Å². The number of hydrogen-bond donors (Lipinski definition) is 0. The van der Waals surface area contributed by atoms with Gasteiger partial charge in [0, 0.05) is 5.71 Å². The summed E-state index contributed by atoms with van der Waals surface area (Å²) < 4.78 is 5.34. The van der Waals surface area contributed by atoms with E-state index in [2.05, 4.69) is 54.6 Å². The second-order valence-corrected chi connectivity index (χ2v) is 5.97. The fraction of sp³-hybridized carbons (Fsp3) is 0.190. The van der Waals surface area contributed by atoms with Crippen molar-refractivity contribution in [3.05, 3.63) is 71.8 Å². The molecule has 3 aromatic rings. The Bertz CT molecular complexity index is 895. The molecule has 114 valence electrons. The topological polar surface area (TPSA) is 21.6 Å². The molecule has 2 heteroatoms. The van der Waals surface area contributed by atoms with Gasteiger partial charge in [0.05, 0.1) is 12.8 Å². The van der Waals surface area contributed by atoms with Crippen LogP contribution in [0.25, 0.3) is 10.8 Å². The summed E-state index contributed by atoms with van der Waals surface area (Å²) in [6.45, 7) is 0. The van der Waals surface area contributed by atoms with Gasteiger partial charge in [-0.05, 0) is 71.5 Å². The molecular formula is C21H19NO. The quantitative estimate of drug-likeness (QED) is 0.629. The number of aliphatic imine (C=N–C) groups is 1. The summed E-state index contributed by atoms with van der Waals surface area (Å²) in [5, 5.41) is 2.49. The molecule has 0 saturated heterocycles. The van der Waals surface area contributed by atoms with Gasteiger partial charge >= 0.3 is 0 Å². The lowest BCUT2D eigenvalue weighted by Crippen LogP contribution is -2.11. The van der Waals surface area contributed by atoms with Crippen LogP contribution < -0.4 is 4.74 Å². The number of aryl methyl sites for hydroxylation is 1. The van der Waals surface area contributed by atoms with E-state index in [0.717, 1.165) is 30.7 Å². The Morgan fingerprint density at radius 3 is 2.61 bits per heavy atom. The minimum atomic E-state index is 0.927. The van der Waals surface area contributed by atoms with Crippen molar-refractivity contribution in [2.75, 3.05) is 7.11 Å². The van der Waals surface area contributed by atoms with Crippen LogP contribution in [0.15, 0.2) is 65.7 Å². The predicted molar refractivity (Wildman–Crippen MR) is 96.1 cm³/mol. The Labute approximate surface area is 136 Å². The first-order valence-corrected chi connectivity index (χ1v) is 8.07. The third kappa shape index (κ3) is 2.72. The largest absolute Gasteiger partial charge is 0.497 e. The zero-order valence-corrected chi connectivity index (χ0v) is 13.3. The van der Waals surface area contributed by atoms with Crippen LogP contribution in [0, 0.1) is 0 Å². The maximum absolute atomic E-state index is 5.34. The third-order valence-electron chi connectivity index (χ3n) is 4.48. The van der Waals surface area contributed by atoms with Crippen LogP contribution in [0.4, 0.5) is 5.69 Å². The zero-order valence-electron chi connectivity index (χ0n) is 13.3. The van der Waals surface area contributed by atoms with Gasteiger partial charge in [0.15, 0.2) is 0 Å². The molecule has 0 aliphatic heterocycles. The molecule has 0 spiro atoms. The van der Waals surface area contributed by atoms with Crippen molar-refractivity contribution < 1.29 is 4.74 Å². The van der Waals surface area contributed by atoms with Crippen molar-refractivity contribution in [2.24, 2.45) is 4.99 Å². The van der Waals surface area contributed by atoms with Crippen molar-refractivity contribution in [1.29, 1.82) is 0 Å². The van der Waals surface area contributed by atoms with Crippen LogP contribution in [0.1, 0.15) is 24.0 Å². The minimum Gasteiger partial charge on any atom is -0.497 e. The second kappa shape index (κ2) is 5.88. The van der Waals surface area contributed by atoms with Crippen molar-refractivity contribution in [1.82, 2.24) is 0 Å². The molecular weight excluding hydrogens is 282 g/mol. The lowest BCUT2D eigenvalue weighted by molar-refractivity contribution is 0.414. The molecule has 0 amide bonds. The Balaban J connectivity index is 1.76. The number of benzene rings is 3. The van der Waals surface area contributed by atoms with E-state index in [1.807, 2.05) is 6.07 Å². The Morgan fingerprint density at radius 2 is 1.74 bits per heavy atom. The highest BCUT2D eigenvalue weighted by molar-refractivity contribution is 6.04. The first kappa shape index (κ1) is 14.0. The average Bonchev–Trinajstić information content (AvgIpc) is 2.61. The molecule has 0 bridgehead atoms. The summed E-state index contributed by atoms with van der Waals surface area (Å²) in [5.74, 6) is 0.927. The van der Waals surface area contributed by atoms with E-state index in [1.165, 1.54) is 27.6 Å². The third-order valence-corrected chi connectivity index (χ3v) is 4.48. The summed E-state index contributed by atoms with van der Waals surface area (Å²) in [6, 6.07) is 21.1. The summed E-state index contributed by atoms with van der Waals surface area (Å²) in [4.78, 5) is 4.94. The molecule has 0 atom stereocenters. The lowest BCUT2D eigenvalue weighted by atomic mass is 9.89. The van der Waals surface area contributed by atoms with E-state index in [0.29, 0.717) is 0 Å². The normalized spacial score (nSPS) is 15.6. The highest BCUT2D eigenvalue weighted by Crippen LogP contribution is 2.28. The smallest absolute Gasteiger partial charge is 0.119 e. The molecule has 2 nitrogen and oxygen atoms in total. The second-order valence-electron chi connectivity index (χ2n) is 5.97. The highest BCUT2D eigenvalue weighted by atomic mass is 16.5. The summed E-state index contributed by atoms with van der Waals surface area (Å²) in [6.07, 6.45) is 3.28. The van der Waals surface area contributed by atoms with Crippen LogP contribution in [-0.4, -0.2) is 12.8 Å². The maximum atomic E-state index is 5.34. The first-order chi connectivity index (χ1) is 11.3. The summed E-state index contributed by atoms with van der Waals surface area (Å²) in [7, 11) is 1.72. The van der Waals surface area contributed by atoms with Crippen LogP contribution >= 0.6 is 0 Å². The molecule has 0 radical (unpaired) electrons. The van der Waals surface area contributed by atoms with Crippen LogP contribution in [0.2, 0.25) is 0 Å². The monoisotopic (exact) mass is 301 g/mol. The Hall–Kier alpha value is -2.61. The maximum Gasteiger partial charge on any atom is 0.119 e. The van der Waals surface area contributed by atoms with E-state index in [-0.39, 0.29) is 0 Å². The molecule has 0 saturated carbocycles. The number of ether oxygens (including phenoxy) is 1. The van der Waals surface area contributed by atoms with Crippen molar-refractivity contribution >= 4 is 22.2 Å². The van der Waals surface area contributed by atoms with Gasteiger partial charge in [0.25, 0.3) is 0 Å². The number of rotatable bonds is 2. The van der Waals surface area contributed by atoms with Crippen LogP contribution in [-0.2, 0) is 6.42 Å². The molecule has 0 fully saturated rings. The lowest BCUT2D eigenvalue weighted by Gasteiger charge is -2.18. The fourth-order valence-corrected chi connectivity index (χ4v) is 3.28. The van der Waals surface area contributed by atoms with Crippen LogP contribution in [0.5, 0.6) is 5.75 Å². The standard InChI is InChI=1S/C21H19NO/c1-23-19-11-12-20-17(14-19)7-4-8-21(20)22-18-10-9-15-5-2-3-6-16(15)13-18/h2-3,5-6,9-14H,4,7-8H2,1H3/b22-21+. The fourth-order valence-electron chi connectivity index (χ4n) is 3.28. The first-order valence-electron chi connectivity index (χ1n) is 8.07. The summed E-state index contributed by atoms with van der Waals surface area (Å²) in [5.41, 5.74) is 4.83. The van der Waals surface area contributed by atoms with E-state index >= 15 is 0 Å². The predicted octanol–water partition coefficient (Wildman–Crippen LogP) is 5.31. The molecule has 0 heterocycles. The Morgan fingerprint density at radius 1 is 0.870 bits per heavy atom. The van der Waals surface area contributed by atoms with E-state index in [9.17, 15) is 0 Å². The molecule has 0 unspecified atom stereocenters. The van der Waals surface area contributed by atoms with Gasteiger partial charge in [-0.1, -0.05) is 30.3 Å². The molecule has 23 heavy (non-hydrogen) atoms. The zero-order chi connectivity index (χ0) is 15.6. The molecule has 4 rings (SSSR count). The minimum absolute atomic E-state index is 0.927. The van der Waals surface area contributed by atoms with Gasteiger partial charge in [0.2, 0.25) is 0 Å². The van der Waals surface area contributed by atoms with Crippen molar-refractivity contribution in [2.45, 2.75) is 19.3 Å². The SMILES string of the molecule is COc1ccc2c(c1)CCC/C2=N\c1ccc2ccccc2c1. The van der Waals surface area contributed by atoms with Gasteiger partial charge in [-0.2, -0.15) is 0 Å². The van der Waals surface area contributed by atoms with Gasteiger partial charge in [-0.25, -0.2) is 0 Å². The van der Waals surface area contributed by atoms with Crippen molar-refractivity contribution in [3.8, 4) is 5.75 Å². The summed E-state index contributed by atoms with van der Waals surface area (Å²) >= 11 is 0. The van der Waals surface area contributed by atoms with Gasteiger partial charge in [-0.3, -0.25) is 4.99 Å². The molecule has 1 aliphatic rings. The van der Waals surface area contributed by atoms with Gasteiger partial charge in [-0.15, -0.1) is 0 Å². The van der Waals surface area contributed by atoms with Crippen molar-refractivity contribution in [3.63, 3.8) is 0 Å². The van der Waals surface area contributed by atoms with E-state index in [4.69, 9.17) is 9.73 Å². The Kier molecular flexibility index (Phi) is 3.58. The number of methoxy groups -OCH3 is 1. The highest BCUT2D eigenvalue weighted by Gasteiger charge is 2.16.